The molecule has 0 fully saturated rings. The van der Waals surface area contributed by atoms with Gasteiger partial charge in [0.15, 0.2) is 0 Å². The maximum atomic E-state index is 5.97. The smallest absolute Gasteiger partial charge is 0.113 e. The molecule has 5 aromatic rings. The van der Waals surface area contributed by atoms with Gasteiger partial charge in [0.1, 0.15) is 7.85 Å². The predicted molar refractivity (Wildman–Crippen MR) is 150 cm³/mol. The van der Waals surface area contributed by atoms with Crippen molar-refractivity contribution in [3.05, 3.63) is 132 Å². The Morgan fingerprint density at radius 2 is 1.06 bits per heavy atom. The highest BCUT2D eigenvalue weighted by Gasteiger charge is 2.36. The maximum Gasteiger partial charge on any atom is 0.113 e. The highest BCUT2D eigenvalue weighted by molar-refractivity contribution is 6.32. The fraction of sp³-hybridized carbons (Fsp3) is 0.0909. The summed E-state index contributed by atoms with van der Waals surface area (Å²) in [5.74, 6) is 0. The van der Waals surface area contributed by atoms with E-state index in [1.54, 1.807) is 0 Å². The second-order valence-corrected chi connectivity index (χ2v) is 9.71. The summed E-state index contributed by atoms with van der Waals surface area (Å²) >= 11 is 0. The van der Waals surface area contributed by atoms with Gasteiger partial charge >= 0.3 is 0 Å². The molecule has 0 spiro atoms. The molecule has 35 heavy (non-hydrogen) atoms. The van der Waals surface area contributed by atoms with Gasteiger partial charge in [0.05, 0.1) is 0 Å². The fourth-order valence-corrected chi connectivity index (χ4v) is 5.43. The molecule has 166 valence electrons. The Hall–Kier alpha value is -4.04. The van der Waals surface area contributed by atoms with Gasteiger partial charge in [-0.25, -0.2) is 0 Å². The van der Waals surface area contributed by atoms with Crippen LogP contribution in [0.3, 0.4) is 0 Å². The average molecular weight is 447 g/mol. The number of para-hydroxylation sites is 1. The van der Waals surface area contributed by atoms with Crippen LogP contribution in [-0.4, -0.2) is 7.85 Å². The Morgan fingerprint density at radius 1 is 0.514 bits per heavy atom. The number of rotatable bonds is 4. The van der Waals surface area contributed by atoms with Gasteiger partial charge in [-0.15, -0.1) is 0 Å². The largest absolute Gasteiger partial charge is 0.311 e. The van der Waals surface area contributed by atoms with Crippen LogP contribution in [-0.2, 0) is 5.41 Å². The van der Waals surface area contributed by atoms with Crippen LogP contribution in [0, 0.1) is 0 Å². The molecule has 0 atom stereocenters. The lowest BCUT2D eigenvalue weighted by Gasteiger charge is -2.26. The van der Waals surface area contributed by atoms with Crippen molar-refractivity contribution < 1.29 is 0 Å². The van der Waals surface area contributed by atoms with E-state index in [1.807, 2.05) is 18.2 Å². The van der Waals surface area contributed by atoms with E-state index in [0.717, 1.165) is 22.5 Å². The van der Waals surface area contributed by atoms with Gasteiger partial charge in [-0.2, -0.15) is 0 Å². The maximum absolute atomic E-state index is 5.97. The number of anilines is 3. The topological polar surface area (TPSA) is 3.24 Å². The van der Waals surface area contributed by atoms with Gasteiger partial charge in [-0.3, -0.25) is 0 Å². The summed E-state index contributed by atoms with van der Waals surface area (Å²) in [6.07, 6.45) is 0. The first-order valence-electron chi connectivity index (χ1n) is 12.1. The van der Waals surface area contributed by atoms with E-state index in [4.69, 9.17) is 7.85 Å². The zero-order chi connectivity index (χ0) is 24.0. The fourth-order valence-electron chi connectivity index (χ4n) is 5.43. The van der Waals surface area contributed by atoms with Crippen LogP contribution >= 0.6 is 0 Å². The van der Waals surface area contributed by atoms with Gasteiger partial charge in [0.25, 0.3) is 0 Å². The van der Waals surface area contributed by atoms with Crippen LogP contribution in [0.5, 0.6) is 0 Å². The van der Waals surface area contributed by atoms with Crippen molar-refractivity contribution in [3.63, 3.8) is 0 Å². The summed E-state index contributed by atoms with van der Waals surface area (Å²) in [7, 11) is 5.97. The van der Waals surface area contributed by atoms with Crippen molar-refractivity contribution >= 4 is 30.4 Å². The molecular weight excluding hydrogens is 421 g/mol. The van der Waals surface area contributed by atoms with Crippen molar-refractivity contribution in [3.8, 4) is 22.3 Å². The first-order valence-corrected chi connectivity index (χ1v) is 12.1. The molecular formula is C33H26BN. The third-order valence-corrected chi connectivity index (χ3v) is 7.21. The lowest BCUT2D eigenvalue weighted by atomic mass is 9.82. The number of fused-ring (bicyclic) bond motifs is 3. The molecule has 0 bridgehead atoms. The summed E-state index contributed by atoms with van der Waals surface area (Å²) in [6.45, 7) is 4.66. The van der Waals surface area contributed by atoms with Crippen molar-refractivity contribution in [1.82, 2.24) is 0 Å². The van der Waals surface area contributed by atoms with Crippen LogP contribution in [0.2, 0.25) is 0 Å². The molecule has 0 heterocycles. The predicted octanol–water partition coefficient (Wildman–Crippen LogP) is 7.92. The molecule has 0 unspecified atom stereocenters. The summed E-state index contributed by atoms with van der Waals surface area (Å²) in [6, 6.07) is 43.0. The summed E-state index contributed by atoms with van der Waals surface area (Å²) < 4.78 is 0. The highest BCUT2D eigenvalue weighted by atomic mass is 15.1. The number of hydrogen-bond donors (Lipinski definition) is 0. The van der Waals surface area contributed by atoms with E-state index in [2.05, 4.69) is 122 Å². The van der Waals surface area contributed by atoms with Crippen molar-refractivity contribution in [2.45, 2.75) is 19.3 Å². The minimum atomic E-state index is 0.00113. The van der Waals surface area contributed by atoms with E-state index >= 15 is 0 Å². The summed E-state index contributed by atoms with van der Waals surface area (Å²) in [5.41, 5.74) is 12.1. The highest BCUT2D eigenvalue weighted by Crippen LogP contribution is 2.52. The zero-order valence-electron chi connectivity index (χ0n) is 20.1. The van der Waals surface area contributed by atoms with Gasteiger partial charge in [-0.05, 0) is 69.8 Å². The average Bonchev–Trinajstić information content (AvgIpc) is 3.14. The SMILES string of the molecule is [B]c1ccc(N(c2ccccc2)c2ccc(-c3cccc4c3-c3ccccc3C4(C)C)cc2)cc1. The number of benzene rings is 5. The molecule has 5 aromatic carbocycles. The molecule has 0 N–H and O–H groups in total. The van der Waals surface area contributed by atoms with Crippen LogP contribution in [0.15, 0.2) is 121 Å². The molecule has 1 nitrogen and oxygen atoms in total. The molecule has 6 rings (SSSR count). The summed E-state index contributed by atoms with van der Waals surface area (Å²) in [5, 5.41) is 0. The Labute approximate surface area is 209 Å². The second-order valence-electron chi connectivity index (χ2n) is 9.71. The molecule has 0 aliphatic heterocycles. The van der Waals surface area contributed by atoms with E-state index in [0.29, 0.717) is 0 Å². The molecule has 1 aliphatic rings. The van der Waals surface area contributed by atoms with E-state index in [1.165, 1.54) is 33.4 Å². The van der Waals surface area contributed by atoms with Crippen LogP contribution in [0.4, 0.5) is 17.1 Å². The lowest BCUT2D eigenvalue weighted by molar-refractivity contribution is 0.660. The minimum Gasteiger partial charge on any atom is -0.311 e. The number of hydrogen-bond acceptors (Lipinski definition) is 1. The monoisotopic (exact) mass is 447 g/mol. The van der Waals surface area contributed by atoms with E-state index < -0.39 is 0 Å². The first-order chi connectivity index (χ1) is 17.0. The standard InChI is InChI=1S/C33H26BN/c1-33(2)30-13-7-6-11-29(30)32-28(12-8-14-31(32)33)23-15-19-26(20-16-23)35(25-9-4-3-5-10-25)27-21-17-24(34)18-22-27/h3-22H,1-2H3. The van der Waals surface area contributed by atoms with Gasteiger partial charge in [0, 0.05) is 22.5 Å². The normalized spacial score (nSPS) is 13.2. The van der Waals surface area contributed by atoms with Crippen LogP contribution in [0.1, 0.15) is 25.0 Å². The van der Waals surface area contributed by atoms with Crippen LogP contribution < -0.4 is 10.4 Å². The van der Waals surface area contributed by atoms with Crippen molar-refractivity contribution in [2.24, 2.45) is 0 Å². The quantitative estimate of drug-likeness (QED) is 0.253. The third kappa shape index (κ3) is 3.57. The van der Waals surface area contributed by atoms with Crippen LogP contribution in [0.25, 0.3) is 22.3 Å². The number of nitrogens with zero attached hydrogens (tertiary/aromatic N) is 1. The van der Waals surface area contributed by atoms with Gasteiger partial charge in [-0.1, -0.05) is 104 Å². The minimum absolute atomic E-state index is 0.00113. The van der Waals surface area contributed by atoms with Crippen molar-refractivity contribution in [1.29, 1.82) is 0 Å². The lowest BCUT2D eigenvalue weighted by Crippen LogP contribution is -2.14. The molecule has 2 radical (unpaired) electrons. The molecule has 0 saturated heterocycles. The van der Waals surface area contributed by atoms with E-state index in [-0.39, 0.29) is 5.41 Å². The first kappa shape index (κ1) is 21.5. The molecule has 1 aliphatic carbocycles. The Morgan fingerprint density at radius 3 is 1.77 bits per heavy atom. The zero-order valence-corrected chi connectivity index (χ0v) is 20.1. The van der Waals surface area contributed by atoms with Gasteiger partial charge in [0.2, 0.25) is 0 Å². The Balaban J connectivity index is 1.46. The van der Waals surface area contributed by atoms with Crippen molar-refractivity contribution in [2.75, 3.05) is 4.90 Å². The molecule has 2 heteroatoms. The molecule has 0 aromatic heterocycles. The molecule has 0 saturated carbocycles. The Bertz CT molecular complexity index is 1500. The second kappa shape index (κ2) is 8.32. The Kier molecular flexibility index (Phi) is 5.11. The summed E-state index contributed by atoms with van der Waals surface area (Å²) in [4.78, 5) is 2.26. The molecule has 0 amide bonds. The van der Waals surface area contributed by atoms with Gasteiger partial charge < -0.3 is 4.90 Å². The van der Waals surface area contributed by atoms with E-state index in [9.17, 15) is 0 Å². The third-order valence-electron chi connectivity index (χ3n) is 7.21.